The van der Waals surface area contributed by atoms with Crippen molar-refractivity contribution >= 4 is 6.01 Å². The molecule has 0 bridgehead atoms. The van der Waals surface area contributed by atoms with Crippen molar-refractivity contribution in [2.75, 3.05) is 5.73 Å². The number of anilines is 1. The lowest BCUT2D eigenvalue weighted by Crippen LogP contribution is -1.79. The Morgan fingerprint density at radius 2 is 1.13 bits per heavy atom. The van der Waals surface area contributed by atoms with Gasteiger partial charge in [-0.1, -0.05) is 72.6 Å². The maximum atomic E-state index is 4.94. The highest BCUT2D eigenvalue weighted by molar-refractivity contribution is 5.01. The Bertz CT molecular complexity index is 524. The van der Waals surface area contributed by atoms with Crippen molar-refractivity contribution in [1.29, 1.82) is 0 Å². The smallest absolute Gasteiger partial charge is 0.318 e. The second kappa shape index (κ2) is 22.5. The molecule has 0 aliphatic rings. The number of rotatable bonds is 0. The fourth-order valence-electron chi connectivity index (χ4n) is 0.638. The largest absolute Gasteiger partial charge is 0.428 e. The van der Waals surface area contributed by atoms with Gasteiger partial charge < -0.3 is 19.2 Å². The Hall–Kier alpha value is -2.78. The van der Waals surface area contributed by atoms with Crippen LogP contribution in [0.5, 0.6) is 0 Å². The van der Waals surface area contributed by atoms with E-state index in [0.29, 0.717) is 11.8 Å². The quantitative estimate of drug-likeness (QED) is 0.495. The molecule has 0 radical (unpaired) electrons. The van der Waals surface area contributed by atoms with Gasteiger partial charge in [-0.2, -0.15) is 9.97 Å². The number of nitrogen functional groups attached to an aromatic ring is 1. The van der Waals surface area contributed by atoms with Crippen LogP contribution >= 0.6 is 0 Å². The molecule has 0 spiro atoms. The molecule has 3 heterocycles. The summed E-state index contributed by atoms with van der Waals surface area (Å²) < 4.78 is 13.3. The lowest BCUT2D eigenvalue weighted by molar-refractivity contribution is 0.392. The zero-order chi connectivity index (χ0) is 23.9. The fraction of sp³-hybridized carbons (Fsp3) is 0.700. The van der Waals surface area contributed by atoms with Gasteiger partial charge in [-0.25, -0.2) is 0 Å². The summed E-state index contributed by atoms with van der Waals surface area (Å²) in [6, 6.07) is 0.106. The standard InChI is InChI=1S/3C4H10.2C3H4N2O.C2H3N3O/c3*1-4(2)3;1-3-5-4-2-6-3;1-3-4-2-5-6-3;3-2-4-1-5-6-2/h3*4H,1-3H3;2*2H,1H3;1H,(H2,3,4,5). The van der Waals surface area contributed by atoms with Crippen LogP contribution in [0.15, 0.2) is 32.5 Å². The Morgan fingerprint density at radius 1 is 0.700 bits per heavy atom. The fourth-order valence-corrected chi connectivity index (χ4v) is 0.638. The lowest BCUT2D eigenvalue weighted by Gasteiger charge is -1.79. The molecule has 3 rings (SSSR count). The van der Waals surface area contributed by atoms with Gasteiger partial charge in [0.15, 0.2) is 12.7 Å². The molecule has 30 heavy (non-hydrogen) atoms. The van der Waals surface area contributed by atoms with Gasteiger partial charge in [-0.3, -0.25) is 0 Å². The molecule has 3 aromatic heterocycles. The van der Waals surface area contributed by atoms with Crippen LogP contribution in [0.1, 0.15) is 74.1 Å². The van der Waals surface area contributed by atoms with Crippen LogP contribution in [-0.2, 0) is 0 Å². The highest BCUT2D eigenvalue weighted by Gasteiger charge is 1.81. The summed E-state index contributed by atoms with van der Waals surface area (Å²) in [5, 5.41) is 13.5. The zero-order valence-electron chi connectivity index (χ0n) is 20.4. The van der Waals surface area contributed by atoms with Gasteiger partial charge in [0.05, 0.1) is 0 Å². The normalized spacial score (nSPS) is 8.87. The summed E-state index contributed by atoms with van der Waals surface area (Å²) in [4.78, 5) is 7.06. The first-order chi connectivity index (χ1) is 13.9. The molecule has 0 saturated heterocycles. The minimum Gasteiger partial charge on any atom is -0.428 e. The first-order valence-electron chi connectivity index (χ1n) is 9.86. The SMILES string of the molecule is CC(C)C.CC(C)C.CC(C)C.Cc1ncno1.Cc1nnco1.Nc1ncno1. The predicted octanol–water partition coefficient (Wildman–Crippen LogP) is 5.39. The monoisotopic (exact) mass is 427 g/mol. The topological polar surface area (TPSA) is 143 Å². The van der Waals surface area contributed by atoms with Crippen LogP contribution in [0.4, 0.5) is 6.01 Å². The number of aryl methyl sites for hydroxylation is 2. The molecule has 10 heteroatoms. The molecule has 0 aromatic carbocycles. The molecule has 2 N–H and O–H groups in total. The maximum Gasteiger partial charge on any atom is 0.318 e. The van der Waals surface area contributed by atoms with E-state index in [2.05, 4.69) is 106 Å². The summed E-state index contributed by atoms with van der Waals surface area (Å²) >= 11 is 0. The molecule has 0 aliphatic carbocycles. The summed E-state index contributed by atoms with van der Waals surface area (Å²) in [7, 11) is 0. The number of hydrogen-bond acceptors (Lipinski definition) is 10. The molecule has 0 atom stereocenters. The van der Waals surface area contributed by atoms with Gasteiger partial charge in [0.2, 0.25) is 18.2 Å². The Morgan fingerprint density at radius 3 is 1.23 bits per heavy atom. The van der Waals surface area contributed by atoms with Crippen molar-refractivity contribution in [3.05, 3.63) is 30.8 Å². The van der Waals surface area contributed by atoms with Crippen molar-refractivity contribution in [1.82, 2.24) is 30.5 Å². The lowest BCUT2D eigenvalue weighted by atomic mass is 10.3. The van der Waals surface area contributed by atoms with Gasteiger partial charge in [0, 0.05) is 13.8 Å². The molecular weight excluding hydrogens is 386 g/mol. The van der Waals surface area contributed by atoms with E-state index in [1.165, 1.54) is 19.0 Å². The van der Waals surface area contributed by atoms with Gasteiger partial charge in [0.25, 0.3) is 0 Å². The average molecular weight is 428 g/mol. The van der Waals surface area contributed by atoms with Crippen LogP contribution in [0, 0.1) is 31.6 Å². The van der Waals surface area contributed by atoms with Gasteiger partial charge in [0.1, 0.15) is 0 Å². The van der Waals surface area contributed by atoms with Gasteiger partial charge in [-0.15, -0.1) is 10.2 Å². The Kier molecular flexibility index (Phi) is 23.9. The minimum atomic E-state index is 0.106. The van der Waals surface area contributed by atoms with Crippen molar-refractivity contribution in [2.24, 2.45) is 17.8 Å². The summed E-state index contributed by atoms with van der Waals surface area (Å²) in [5.41, 5.74) is 4.94. The van der Waals surface area contributed by atoms with Crippen molar-refractivity contribution < 1.29 is 13.5 Å². The second-order valence-electron chi connectivity index (χ2n) is 7.89. The van der Waals surface area contributed by atoms with Crippen molar-refractivity contribution in [2.45, 2.75) is 76.2 Å². The molecule has 0 unspecified atom stereocenters. The predicted molar refractivity (Wildman–Crippen MR) is 118 cm³/mol. The molecule has 174 valence electrons. The van der Waals surface area contributed by atoms with E-state index in [4.69, 9.17) is 5.73 Å². The minimum absolute atomic E-state index is 0.106. The summed E-state index contributed by atoms with van der Waals surface area (Å²) in [6.07, 6.45) is 3.92. The highest BCUT2D eigenvalue weighted by atomic mass is 16.5. The third-order valence-electron chi connectivity index (χ3n) is 1.32. The van der Waals surface area contributed by atoms with E-state index >= 15 is 0 Å². The highest BCUT2D eigenvalue weighted by Crippen LogP contribution is 1.85. The number of nitrogens with two attached hydrogens (primary N) is 1. The van der Waals surface area contributed by atoms with E-state index in [9.17, 15) is 0 Å². The molecule has 0 amide bonds. The van der Waals surface area contributed by atoms with Gasteiger partial charge in [-0.05, 0) is 17.8 Å². The zero-order valence-corrected chi connectivity index (χ0v) is 20.4. The second-order valence-corrected chi connectivity index (χ2v) is 7.89. The van der Waals surface area contributed by atoms with E-state index in [-0.39, 0.29) is 6.01 Å². The Labute approximate surface area is 181 Å². The Balaban J connectivity index is -0.000000296. The molecule has 0 fully saturated rings. The number of hydrogen-bond donors (Lipinski definition) is 1. The van der Waals surface area contributed by atoms with Crippen LogP contribution in [0.25, 0.3) is 0 Å². The molecule has 0 saturated carbocycles. The third kappa shape index (κ3) is 44.6. The molecular formula is C20H41N7O3. The first kappa shape index (κ1) is 31.9. The van der Waals surface area contributed by atoms with E-state index in [0.717, 1.165) is 17.8 Å². The van der Waals surface area contributed by atoms with Crippen LogP contribution < -0.4 is 5.73 Å². The maximum absolute atomic E-state index is 4.94. The molecule has 0 aliphatic heterocycles. The van der Waals surface area contributed by atoms with E-state index in [1.54, 1.807) is 13.8 Å². The van der Waals surface area contributed by atoms with Crippen molar-refractivity contribution in [3.8, 4) is 0 Å². The van der Waals surface area contributed by atoms with Gasteiger partial charge >= 0.3 is 6.01 Å². The van der Waals surface area contributed by atoms with Crippen molar-refractivity contribution in [3.63, 3.8) is 0 Å². The third-order valence-corrected chi connectivity index (χ3v) is 1.32. The molecule has 10 nitrogen and oxygen atoms in total. The van der Waals surface area contributed by atoms with E-state index in [1.807, 2.05) is 0 Å². The summed E-state index contributed by atoms with van der Waals surface area (Å²) in [5.74, 6) is 3.71. The first-order valence-corrected chi connectivity index (χ1v) is 9.86. The number of aromatic nitrogens is 6. The van der Waals surface area contributed by atoms with E-state index < -0.39 is 0 Å². The molecule has 3 aromatic rings. The summed E-state index contributed by atoms with van der Waals surface area (Å²) in [6.45, 7) is 23.0. The van der Waals surface area contributed by atoms with Crippen LogP contribution in [-0.4, -0.2) is 30.5 Å². The van der Waals surface area contributed by atoms with Crippen LogP contribution in [0.2, 0.25) is 0 Å². The van der Waals surface area contributed by atoms with Crippen LogP contribution in [0.3, 0.4) is 0 Å². The average Bonchev–Trinajstić information content (AvgIpc) is 3.32. The number of nitrogens with zero attached hydrogens (tertiary/aromatic N) is 6.